The highest BCUT2D eigenvalue weighted by Gasteiger charge is 2.29. The molecule has 1 aliphatic heterocycles. The van der Waals surface area contributed by atoms with Crippen LogP contribution in [-0.4, -0.2) is 37.4 Å². The maximum atomic E-state index is 14.1. The molecule has 0 aliphatic carbocycles. The zero-order valence-corrected chi connectivity index (χ0v) is 23.4. The molecule has 0 fully saturated rings. The van der Waals surface area contributed by atoms with E-state index < -0.39 is 5.91 Å². The van der Waals surface area contributed by atoms with Crippen LogP contribution in [0.25, 0.3) is 11.3 Å². The number of benzene rings is 3. The molecule has 0 radical (unpaired) electrons. The molecule has 206 valence electrons. The second kappa shape index (κ2) is 10.9. The van der Waals surface area contributed by atoms with Gasteiger partial charge in [-0.25, -0.2) is 4.52 Å². The number of halogens is 2. The van der Waals surface area contributed by atoms with Crippen LogP contribution in [-0.2, 0) is 25.8 Å². The van der Waals surface area contributed by atoms with Gasteiger partial charge in [-0.15, -0.1) is 0 Å². The third-order valence-corrected chi connectivity index (χ3v) is 8.19. The van der Waals surface area contributed by atoms with Crippen molar-refractivity contribution in [1.29, 1.82) is 0 Å². The first-order valence-corrected chi connectivity index (χ1v) is 13.9. The summed E-state index contributed by atoms with van der Waals surface area (Å²) in [5.74, 6) is -0.746. The fraction of sp³-hybridized carbons (Fsp3) is 0.161. The highest BCUT2D eigenvalue weighted by atomic mass is 35.5. The molecule has 0 saturated heterocycles. The van der Waals surface area contributed by atoms with Crippen LogP contribution in [0.4, 0.5) is 0 Å². The van der Waals surface area contributed by atoms with Gasteiger partial charge in [-0.05, 0) is 67.3 Å². The van der Waals surface area contributed by atoms with E-state index in [-0.39, 0.29) is 18.0 Å². The minimum Gasteiger partial charge on any atom is -0.366 e. The number of rotatable bonds is 6. The van der Waals surface area contributed by atoms with Crippen LogP contribution in [0.15, 0.2) is 83.8 Å². The van der Waals surface area contributed by atoms with Crippen molar-refractivity contribution in [2.75, 3.05) is 6.54 Å². The summed E-state index contributed by atoms with van der Waals surface area (Å²) in [6.07, 6.45) is 3.55. The van der Waals surface area contributed by atoms with Crippen LogP contribution in [0.2, 0.25) is 10.0 Å². The zero-order valence-electron chi connectivity index (χ0n) is 21.9. The van der Waals surface area contributed by atoms with Gasteiger partial charge in [-0.1, -0.05) is 53.5 Å². The van der Waals surface area contributed by atoms with Crippen molar-refractivity contribution in [3.63, 3.8) is 0 Å². The van der Waals surface area contributed by atoms with Crippen LogP contribution in [0.1, 0.15) is 43.1 Å². The zero-order chi connectivity index (χ0) is 28.7. The van der Waals surface area contributed by atoms with Crippen LogP contribution in [0.5, 0.6) is 0 Å². The first-order valence-electron chi connectivity index (χ1n) is 13.1. The van der Waals surface area contributed by atoms with Crippen molar-refractivity contribution in [2.24, 2.45) is 5.73 Å². The van der Waals surface area contributed by atoms with E-state index in [1.54, 1.807) is 62.6 Å². The summed E-state index contributed by atoms with van der Waals surface area (Å²) in [6.45, 7) is 0.566. The number of aryl methyl sites for hydroxylation is 2. The maximum Gasteiger partial charge on any atom is 0.261 e. The number of fused-ring (bicyclic) bond motifs is 3. The van der Waals surface area contributed by atoms with Crippen LogP contribution < -0.4 is 11.3 Å². The summed E-state index contributed by atoms with van der Waals surface area (Å²) in [7, 11) is 0. The lowest BCUT2D eigenvalue weighted by Crippen LogP contribution is -2.41. The summed E-state index contributed by atoms with van der Waals surface area (Å²) >= 11 is 12.2. The summed E-state index contributed by atoms with van der Waals surface area (Å²) in [5, 5.41) is 5.39. The van der Waals surface area contributed by atoms with Crippen molar-refractivity contribution in [3.8, 4) is 5.69 Å². The van der Waals surface area contributed by atoms with Gasteiger partial charge >= 0.3 is 0 Å². The van der Waals surface area contributed by atoms with Crippen molar-refractivity contribution in [1.82, 2.24) is 19.1 Å². The van der Waals surface area contributed by atoms with Gasteiger partial charge < -0.3 is 10.6 Å². The Labute approximate surface area is 245 Å². The molecule has 6 rings (SSSR count). The minimum atomic E-state index is -0.542. The number of aromatic nitrogens is 3. The minimum absolute atomic E-state index is 0.178. The predicted octanol–water partition coefficient (Wildman–Crippen LogP) is 4.87. The number of nitrogens with two attached hydrogens (primary N) is 1. The van der Waals surface area contributed by atoms with Gasteiger partial charge in [0.25, 0.3) is 11.5 Å². The Balaban J connectivity index is 1.45. The van der Waals surface area contributed by atoms with Gasteiger partial charge in [0.15, 0.2) is 0 Å². The Morgan fingerprint density at radius 3 is 2.34 bits per heavy atom. The molecule has 0 atom stereocenters. The number of hydrogen-bond donors (Lipinski definition) is 1. The molecule has 0 spiro atoms. The Morgan fingerprint density at radius 2 is 1.63 bits per heavy atom. The van der Waals surface area contributed by atoms with Crippen LogP contribution in [0.3, 0.4) is 0 Å². The van der Waals surface area contributed by atoms with E-state index in [1.807, 2.05) is 18.2 Å². The molecule has 2 aromatic heterocycles. The smallest absolute Gasteiger partial charge is 0.261 e. The normalized spacial score (nSPS) is 12.9. The fourth-order valence-electron chi connectivity index (χ4n) is 5.31. The quantitative estimate of drug-likeness (QED) is 0.307. The Kier molecular flexibility index (Phi) is 7.11. The third-order valence-electron chi connectivity index (χ3n) is 7.46. The van der Waals surface area contributed by atoms with Gasteiger partial charge in [-0.2, -0.15) is 5.10 Å². The van der Waals surface area contributed by atoms with E-state index in [0.717, 1.165) is 12.0 Å². The number of nitrogens with zero attached hydrogens (tertiary/aromatic N) is 4. The number of amides is 2. The molecule has 2 N–H and O–H groups in total. The molecular weight excluding hydrogens is 561 g/mol. The van der Waals surface area contributed by atoms with Gasteiger partial charge in [-0.3, -0.25) is 19.0 Å². The average molecular weight is 586 g/mol. The predicted molar refractivity (Wildman–Crippen MR) is 158 cm³/mol. The second-order valence-electron chi connectivity index (χ2n) is 9.97. The third kappa shape index (κ3) is 5.01. The lowest BCUT2D eigenvalue weighted by molar-refractivity contribution is 0.0729. The number of hydrogen-bond acceptors (Lipinski definition) is 4. The second-order valence-corrected chi connectivity index (χ2v) is 10.8. The first-order chi connectivity index (χ1) is 19.8. The molecule has 1 aliphatic rings. The van der Waals surface area contributed by atoms with Gasteiger partial charge in [0, 0.05) is 28.8 Å². The number of primary amides is 1. The average Bonchev–Trinajstić information content (AvgIpc) is 3.41. The molecule has 2 amide bonds. The Hall–Kier alpha value is -4.40. The summed E-state index contributed by atoms with van der Waals surface area (Å²) < 4.78 is 3.42. The molecule has 8 nitrogen and oxygen atoms in total. The summed E-state index contributed by atoms with van der Waals surface area (Å²) in [5.41, 5.74) is 10.6. The lowest BCUT2D eigenvalue weighted by atomic mass is 10.0. The van der Waals surface area contributed by atoms with E-state index in [2.05, 4.69) is 12.1 Å². The molecule has 0 saturated carbocycles. The van der Waals surface area contributed by atoms with Gasteiger partial charge in [0.1, 0.15) is 5.65 Å². The Morgan fingerprint density at radius 1 is 0.902 bits per heavy atom. The molecule has 3 heterocycles. The highest BCUT2D eigenvalue weighted by molar-refractivity contribution is 6.42. The van der Waals surface area contributed by atoms with Crippen LogP contribution >= 0.6 is 23.2 Å². The molecule has 0 bridgehead atoms. The molecule has 3 aromatic carbocycles. The van der Waals surface area contributed by atoms with Crippen molar-refractivity contribution in [2.45, 2.75) is 25.8 Å². The van der Waals surface area contributed by atoms with Gasteiger partial charge in [0.05, 0.1) is 34.2 Å². The lowest BCUT2D eigenvalue weighted by Gasteiger charge is -2.29. The standard InChI is InChI=1S/C31H25Cl2N5O3/c32-25-13-10-21(16-26(25)33)30(40)36-15-14-24-27(18-36)38-29(22(17-35-38)7-6-19-4-2-1-3-5-19)37(31(24)41)23-11-8-20(9-12-23)28(34)39/h1-5,8-13,16-17H,6-7,14-15,18H2,(H2,34,39). The topological polar surface area (TPSA) is 103 Å². The molecular formula is C31H25Cl2N5O3. The number of carbonyl (C=O) groups excluding carboxylic acids is 2. The Bertz CT molecular complexity index is 1860. The van der Waals surface area contributed by atoms with E-state index in [9.17, 15) is 14.4 Å². The van der Waals surface area contributed by atoms with Gasteiger partial charge in [0.2, 0.25) is 5.91 Å². The SMILES string of the molecule is NC(=O)c1ccc(-n2c(=O)c3c(n4ncc(CCc5ccccc5)c24)CN(C(=O)c2ccc(Cl)c(Cl)c2)CC3)cc1. The first kappa shape index (κ1) is 26.8. The molecule has 5 aromatic rings. The fourth-order valence-corrected chi connectivity index (χ4v) is 5.61. The van der Waals surface area contributed by atoms with E-state index >= 15 is 0 Å². The molecule has 0 unspecified atom stereocenters. The largest absolute Gasteiger partial charge is 0.366 e. The van der Waals surface area contributed by atoms with E-state index in [0.29, 0.717) is 63.2 Å². The van der Waals surface area contributed by atoms with Crippen molar-refractivity contribution < 1.29 is 9.59 Å². The summed E-state index contributed by atoms with van der Waals surface area (Å²) in [6, 6.07) is 21.5. The maximum absolute atomic E-state index is 14.1. The van der Waals surface area contributed by atoms with Crippen molar-refractivity contribution >= 4 is 40.7 Å². The summed E-state index contributed by atoms with van der Waals surface area (Å²) in [4.78, 5) is 40.9. The highest BCUT2D eigenvalue weighted by Crippen LogP contribution is 2.27. The number of carbonyl (C=O) groups is 2. The molecule has 10 heteroatoms. The van der Waals surface area contributed by atoms with E-state index in [4.69, 9.17) is 34.0 Å². The molecule has 41 heavy (non-hydrogen) atoms. The monoisotopic (exact) mass is 585 g/mol. The van der Waals surface area contributed by atoms with E-state index in [1.165, 1.54) is 5.56 Å². The van der Waals surface area contributed by atoms with Crippen molar-refractivity contribution in [3.05, 3.63) is 133 Å². The van der Waals surface area contributed by atoms with Crippen LogP contribution in [0, 0.1) is 0 Å².